The number of fused-ring (bicyclic) bond motifs is 1. The summed E-state index contributed by atoms with van der Waals surface area (Å²) in [4.78, 5) is 28.3. The predicted molar refractivity (Wildman–Crippen MR) is 109 cm³/mol. The SMILES string of the molecule is Cc1cc2oc(C(=O)N(Cc3ccco3)Cc3cccs3)cc(=O)c2cc1Cl. The lowest BCUT2D eigenvalue weighted by Crippen LogP contribution is -2.30. The maximum Gasteiger partial charge on any atom is 0.290 e. The lowest BCUT2D eigenvalue weighted by Gasteiger charge is -2.20. The van der Waals surface area contributed by atoms with Crippen molar-refractivity contribution in [1.82, 2.24) is 4.90 Å². The molecule has 1 amide bonds. The van der Waals surface area contributed by atoms with E-state index in [1.54, 1.807) is 46.8 Å². The molecule has 0 aliphatic heterocycles. The summed E-state index contributed by atoms with van der Waals surface area (Å²) < 4.78 is 11.2. The van der Waals surface area contributed by atoms with Crippen LogP contribution in [0.25, 0.3) is 11.0 Å². The Morgan fingerprint density at radius 2 is 2.04 bits per heavy atom. The number of benzene rings is 1. The Kier molecular flexibility index (Phi) is 5.07. The van der Waals surface area contributed by atoms with Gasteiger partial charge in [0.25, 0.3) is 5.91 Å². The predicted octanol–water partition coefficient (Wildman–Crippen LogP) is 5.25. The van der Waals surface area contributed by atoms with Gasteiger partial charge >= 0.3 is 0 Å². The molecule has 3 aromatic heterocycles. The van der Waals surface area contributed by atoms with E-state index >= 15 is 0 Å². The molecule has 0 fully saturated rings. The highest BCUT2D eigenvalue weighted by atomic mass is 35.5. The van der Waals surface area contributed by atoms with Gasteiger partial charge in [0.2, 0.25) is 0 Å². The second kappa shape index (κ2) is 7.66. The van der Waals surface area contributed by atoms with Crippen LogP contribution < -0.4 is 5.43 Å². The first-order valence-electron chi connectivity index (χ1n) is 8.59. The molecule has 7 heteroatoms. The molecule has 0 bridgehead atoms. The first kappa shape index (κ1) is 18.5. The molecular weight excluding hydrogens is 398 g/mol. The molecule has 5 nitrogen and oxygen atoms in total. The number of carbonyl (C=O) groups excluding carboxylic acids is 1. The van der Waals surface area contributed by atoms with E-state index in [2.05, 4.69) is 0 Å². The number of hydrogen-bond acceptors (Lipinski definition) is 5. The van der Waals surface area contributed by atoms with Gasteiger partial charge in [-0.05, 0) is 48.2 Å². The fraction of sp³-hybridized carbons (Fsp3) is 0.143. The van der Waals surface area contributed by atoms with Crippen molar-refractivity contribution in [2.24, 2.45) is 0 Å². The Morgan fingerprint density at radius 3 is 2.75 bits per heavy atom. The highest BCUT2D eigenvalue weighted by molar-refractivity contribution is 7.09. The fourth-order valence-electron chi connectivity index (χ4n) is 2.92. The molecule has 3 heterocycles. The van der Waals surface area contributed by atoms with Gasteiger partial charge in [0.15, 0.2) is 11.2 Å². The number of hydrogen-bond donors (Lipinski definition) is 0. The normalized spacial score (nSPS) is 11.1. The molecule has 0 radical (unpaired) electrons. The number of halogens is 1. The van der Waals surface area contributed by atoms with E-state index in [0.29, 0.717) is 28.3 Å². The van der Waals surface area contributed by atoms with E-state index in [0.717, 1.165) is 10.4 Å². The van der Waals surface area contributed by atoms with Gasteiger partial charge < -0.3 is 13.7 Å². The number of thiophene rings is 1. The second-order valence-electron chi connectivity index (χ2n) is 6.39. The van der Waals surface area contributed by atoms with Crippen molar-refractivity contribution in [2.45, 2.75) is 20.0 Å². The highest BCUT2D eigenvalue weighted by Crippen LogP contribution is 2.23. The van der Waals surface area contributed by atoms with Crippen LogP contribution >= 0.6 is 22.9 Å². The van der Waals surface area contributed by atoms with Gasteiger partial charge in [0, 0.05) is 16.0 Å². The molecule has 1 aromatic carbocycles. The maximum absolute atomic E-state index is 13.2. The maximum atomic E-state index is 13.2. The fourth-order valence-corrected chi connectivity index (χ4v) is 3.80. The van der Waals surface area contributed by atoms with Crippen molar-refractivity contribution in [2.75, 3.05) is 0 Å². The summed E-state index contributed by atoms with van der Waals surface area (Å²) in [5.74, 6) is 0.259. The van der Waals surface area contributed by atoms with Crippen molar-refractivity contribution in [3.05, 3.63) is 91.3 Å². The van der Waals surface area contributed by atoms with Crippen molar-refractivity contribution >= 4 is 39.8 Å². The molecule has 0 aliphatic rings. The Morgan fingerprint density at radius 1 is 1.18 bits per heavy atom. The smallest absolute Gasteiger partial charge is 0.290 e. The Bertz CT molecular complexity index is 1140. The van der Waals surface area contributed by atoms with E-state index in [-0.39, 0.29) is 23.6 Å². The molecule has 0 spiro atoms. The van der Waals surface area contributed by atoms with Gasteiger partial charge in [0.05, 0.1) is 24.7 Å². The molecule has 0 aliphatic carbocycles. The zero-order valence-corrected chi connectivity index (χ0v) is 16.5. The van der Waals surface area contributed by atoms with Crippen LogP contribution in [0, 0.1) is 6.92 Å². The minimum Gasteiger partial charge on any atom is -0.467 e. The van der Waals surface area contributed by atoms with Crippen LogP contribution in [-0.2, 0) is 13.1 Å². The Hall–Kier alpha value is -2.83. The van der Waals surface area contributed by atoms with Crippen LogP contribution in [0.5, 0.6) is 0 Å². The van der Waals surface area contributed by atoms with E-state index in [1.807, 2.05) is 24.4 Å². The lowest BCUT2D eigenvalue weighted by atomic mass is 10.1. The summed E-state index contributed by atoms with van der Waals surface area (Å²) in [7, 11) is 0. The molecular formula is C21H16ClNO4S. The average molecular weight is 414 g/mol. The first-order chi connectivity index (χ1) is 13.5. The van der Waals surface area contributed by atoms with Crippen LogP contribution in [0.15, 0.2) is 67.7 Å². The molecule has 0 unspecified atom stereocenters. The minimum absolute atomic E-state index is 0.0117. The van der Waals surface area contributed by atoms with Gasteiger partial charge in [-0.1, -0.05) is 17.7 Å². The third kappa shape index (κ3) is 3.74. The number of rotatable bonds is 5. The lowest BCUT2D eigenvalue weighted by molar-refractivity contribution is 0.0687. The molecule has 0 saturated heterocycles. The van der Waals surface area contributed by atoms with Crippen LogP contribution in [0.4, 0.5) is 0 Å². The average Bonchev–Trinajstić information content (AvgIpc) is 3.36. The van der Waals surface area contributed by atoms with Crippen LogP contribution in [-0.4, -0.2) is 10.8 Å². The van der Waals surface area contributed by atoms with Crippen molar-refractivity contribution < 1.29 is 13.6 Å². The van der Waals surface area contributed by atoms with Crippen LogP contribution in [0.3, 0.4) is 0 Å². The quantitative estimate of drug-likeness (QED) is 0.448. The number of carbonyl (C=O) groups is 1. The number of aryl methyl sites for hydroxylation is 1. The third-order valence-corrected chi connectivity index (χ3v) is 5.63. The Balaban J connectivity index is 1.73. The Labute approximate surface area is 169 Å². The van der Waals surface area contributed by atoms with Crippen LogP contribution in [0.1, 0.15) is 26.8 Å². The third-order valence-electron chi connectivity index (χ3n) is 4.36. The second-order valence-corrected chi connectivity index (χ2v) is 7.83. The molecule has 4 aromatic rings. The molecule has 0 atom stereocenters. The van der Waals surface area contributed by atoms with E-state index in [4.69, 9.17) is 20.4 Å². The number of nitrogens with zero attached hydrogens (tertiary/aromatic N) is 1. The largest absolute Gasteiger partial charge is 0.467 e. The number of amides is 1. The monoisotopic (exact) mass is 413 g/mol. The standard InChI is InChI=1S/C21H16ClNO4S/c1-13-8-19-16(9-17(13)22)18(24)10-20(27-19)21(25)23(11-14-4-2-6-26-14)12-15-5-3-7-28-15/h2-10H,11-12H2,1H3. The van der Waals surface area contributed by atoms with Crippen LogP contribution in [0.2, 0.25) is 5.02 Å². The van der Waals surface area contributed by atoms with Gasteiger partial charge in [-0.2, -0.15) is 0 Å². The van der Waals surface area contributed by atoms with Gasteiger partial charge in [0.1, 0.15) is 11.3 Å². The highest BCUT2D eigenvalue weighted by Gasteiger charge is 2.22. The van der Waals surface area contributed by atoms with E-state index < -0.39 is 0 Å². The first-order valence-corrected chi connectivity index (χ1v) is 9.85. The van der Waals surface area contributed by atoms with Crippen molar-refractivity contribution in [3.63, 3.8) is 0 Å². The summed E-state index contributed by atoms with van der Waals surface area (Å²) in [6, 6.07) is 11.9. The van der Waals surface area contributed by atoms with Gasteiger partial charge in [-0.3, -0.25) is 9.59 Å². The zero-order chi connectivity index (χ0) is 19.7. The van der Waals surface area contributed by atoms with Gasteiger partial charge in [-0.15, -0.1) is 11.3 Å². The summed E-state index contributed by atoms with van der Waals surface area (Å²) in [5.41, 5.74) is 0.806. The minimum atomic E-state index is -0.378. The van der Waals surface area contributed by atoms with Crippen molar-refractivity contribution in [3.8, 4) is 0 Å². The molecule has 4 rings (SSSR count). The topological polar surface area (TPSA) is 63.7 Å². The summed E-state index contributed by atoms with van der Waals surface area (Å²) in [5, 5.41) is 2.78. The zero-order valence-electron chi connectivity index (χ0n) is 15.0. The summed E-state index contributed by atoms with van der Waals surface area (Å²) in [6.07, 6.45) is 1.56. The molecule has 0 saturated carbocycles. The molecule has 142 valence electrons. The van der Waals surface area contributed by atoms with Gasteiger partial charge in [-0.25, -0.2) is 0 Å². The van der Waals surface area contributed by atoms with E-state index in [1.165, 1.54) is 6.07 Å². The summed E-state index contributed by atoms with van der Waals surface area (Å²) >= 11 is 7.66. The van der Waals surface area contributed by atoms with Crippen molar-refractivity contribution in [1.29, 1.82) is 0 Å². The molecule has 0 N–H and O–H groups in total. The molecule has 28 heavy (non-hydrogen) atoms. The summed E-state index contributed by atoms with van der Waals surface area (Å²) in [6.45, 7) is 2.47. The van der Waals surface area contributed by atoms with E-state index in [9.17, 15) is 9.59 Å². The number of furan rings is 1.